The van der Waals surface area contributed by atoms with Crippen molar-refractivity contribution in [2.45, 2.75) is 13.0 Å². The fourth-order valence-corrected chi connectivity index (χ4v) is 3.28. The van der Waals surface area contributed by atoms with Crippen molar-refractivity contribution >= 4 is 21.6 Å². The summed E-state index contributed by atoms with van der Waals surface area (Å²) in [6, 6.07) is 12.1. The van der Waals surface area contributed by atoms with Gasteiger partial charge in [0.05, 0.1) is 18.7 Å². The Morgan fingerprint density at radius 3 is 2.78 bits per heavy atom. The molecule has 2 aromatic heterocycles. The van der Waals surface area contributed by atoms with Crippen LogP contribution in [0.4, 0.5) is 0 Å². The third-order valence-corrected chi connectivity index (χ3v) is 4.62. The molecule has 23 heavy (non-hydrogen) atoms. The number of aliphatic hydroxyl groups is 1. The fraction of sp³-hybridized carbons (Fsp3) is 0.294. The minimum Gasteiger partial charge on any atom is -0.395 e. The minimum atomic E-state index is -0.0907. The highest BCUT2D eigenvalue weighted by atomic mass is 32.1. The van der Waals surface area contributed by atoms with Gasteiger partial charge < -0.3 is 10.1 Å². The van der Waals surface area contributed by atoms with Gasteiger partial charge in [0.2, 0.25) is 0 Å². The number of nitrogens with one attached hydrogen (secondary N) is 1. The van der Waals surface area contributed by atoms with Gasteiger partial charge in [0.15, 0.2) is 0 Å². The summed E-state index contributed by atoms with van der Waals surface area (Å²) in [7, 11) is 0. The van der Waals surface area contributed by atoms with E-state index in [2.05, 4.69) is 27.0 Å². The summed E-state index contributed by atoms with van der Waals surface area (Å²) in [5, 5.41) is 11.1. The Bertz CT molecular complexity index is 813. The molecule has 0 saturated carbocycles. The van der Waals surface area contributed by atoms with Gasteiger partial charge in [-0.1, -0.05) is 30.3 Å². The van der Waals surface area contributed by atoms with Gasteiger partial charge in [0.25, 0.3) is 5.56 Å². The van der Waals surface area contributed by atoms with Crippen LogP contribution < -0.4 is 5.56 Å². The number of hydrogen-bond donors (Lipinski definition) is 2. The van der Waals surface area contributed by atoms with Crippen molar-refractivity contribution < 1.29 is 5.11 Å². The molecule has 2 N–H and O–H groups in total. The Kier molecular flexibility index (Phi) is 5.17. The summed E-state index contributed by atoms with van der Waals surface area (Å²) in [6.07, 6.45) is 0.895. The van der Waals surface area contributed by atoms with Crippen LogP contribution >= 0.6 is 11.3 Å². The molecular weight excluding hydrogens is 310 g/mol. The van der Waals surface area contributed by atoms with E-state index in [1.807, 2.05) is 29.6 Å². The van der Waals surface area contributed by atoms with Crippen molar-refractivity contribution in [3.63, 3.8) is 0 Å². The molecule has 6 heteroatoms. The van der Waals surface area contributed by atoms with E-state index in [4.69, 9.17) is 0 Å². The molecule has 3 rings (SSSR count). The number of fused-ring (bicyclic) bond motifs is 1. The molecule has 0 spiro atoms. The number of aliphatic hydroxyl groups excluding tert-OH is 1. The SMILES string of the molecule is O=c1[nH]c(CN(CCO)CCc2ccccc2)nc2ccsc12. The second-order valence-corrected chi connectivity index (χ2v) is 6.30. The largest absolute Gasteiger partial charge is 0.395 e. The van der Waals surface area contributed by atoms with Crippen LogP contribution in [0, 0.1) is 0 Å². The lowest BCUT2D eigenvalue weighted by Crippen LogP contribution is -2.30. The van der Waals surface area contributed by atoms with Gasteiger partial charge in [0, 0.05) is 13.1 Å². The molecule has 0 saturated heterocycles. The standard InChI is InChI=1S/C17H19N3O2S/c21-10-9-20(8-6-13-4-2-1-3-5-13)12-15-18-14-7-11-23-16(14)17(22)19-15/h1-5,7,11,21H,6,8-10,12H2,(H,18,19,22). The van der Waals surface area contributed by atoms with Crippen LogP contribution in [0.25, 0.3) is 10.2 Å². The van der Waals surface area contributed by atoms with Gasteiger partial charge in [-0.15, -0.1) is 11.3 Å². The predicted octanol–water partition coefficient (Wildman–Crippen LogP) is 2.02. The first kappa shape index (κ1) is 15.9. The number of thiophene rings is 1. The summed E-state index contributed by atoms with van der Waals surface area (Å²) in [5.41, 5.74) is 1.90. The number of aromatic amines is 1. The zero-order valence-electron chi connectivity index (χ0n) is 12.7. The van der Waals surface area contributed by atoms with Crippen LogP contribution in [0.2, 0.25) is 0 Å². The molecule has 0 radical (unpaired) electrons. The Hall–Kier alpha value is -2.02. The van der Waals surface area contributed by atoms with E-state index in [-0.39, 0.29) is 12.2 Å². The monoisotopic (exact) mass is 329 g/mol. The van der Waals surface area contributed by atoms with Crippen LogP contribution in [-0.4, -0.2) is 39.7 Å². The summed E-state index contributed by atoms with van der Waals surface area (Å²) in [6.45, 7) is 1.96. The molecule has 0 fully saturated rings. The number of aromatic nitrogens is 2. The molecule has 0 aliphatic rings. The first-order valence-electron chi connectivity index (χ1n) is 7.60. The van der Waals surface area contributed by atoms with Crippen molar-refractivity contribution in [3.05, 3.63) is 63.5 Å². The van der Waals surface area contributed by atoms with Crippen LogP contribution in [0.5, 0.6) is 0 Å². The predicted molar refractivity (Wildman–Crippen MR) is 92.7 cm³/mol. The van der Waals surface area contributed by atoms with E-state index in [0.29, 0.717) is 23.6 Å². The van der Waals surface area contributed by atoms with Crippen molar-refractivity contribution in [2.24, 2.45) is 0 Å². The lowest BCUT2D eigenvalue weighted by molar-refractivity contribution is 0.188. The van der Waals surface area contributed by atoms with Crippen LogP contribution in [-0.2, 0) is 13.0 Å². The second kappa shape index (κ2) is 7.50. The lowest BCUT2D eigenvalue weighted by Gasteiger charge is -2.20. The number of nitrogens with zero attached hydrogens (tertiary/aromatic N) is 2. The first-order valence-corrected chi connectivity index (χ1v) is 8.48. The van der Waals surface area contributed by atoms with E-state index in [0.717, 1.165) is 18.5 Å². The average Bonchev–Trinajstić information content (AvgIpc) is 3.03. The molecule has 0 amide bonds. The zero-order chi connectivity index (χ0) is 16.1. The van der Waals surface area contributed by atoms with Gasteiger partial charge in [-0.2, -0.15) is 0 Å². The average molecular weight is 329 g/mol. The maximum absolute atomic E-state index is 12.0. The highest BCUT2D eigenvalue weighted by Crippen LogP contribution is 2.14. The topological polar surface area (TPSA) is 69.2 Å². The Labute approximate surface area is 138 Å². The minimum absolute atomic E-state index is 0.0831. The Morgan fingerprint density at radius 1 is 1.17 bits per heavy atom. The lowest BCUT2D eigenvalue weighted by atomic mass is 10.1. The molecule has 0 bridgehead atoms. The number of H-pyrrole nitrogens is 1. The molecule has 3 aromatic rings. The molecule has 0 atom stereocenters. The number of hydrogen-bond acceptors (Lipinski definition) is 5. The van der Waals surface area contributed by atoms with E-state index in [1.54, 1.807) is 0 Å². The zero-order valence-corrected chi connectivity index (χ0v) is 13.6. The third kappa shape index (κ3) is 4.04. The Balaban J connectivity index is 1.71. The third-order valence-electron chi connectivity index (χ3n) is 3.71. The molecule has 5 nitrogen and oxygen atoms in total. The van der Waals surface area contributed by atoms with Gasteiger partial charge in [-0.05, 0) is 23.4 Å². The fourth-order valence-electron chi connectivity index (χ4n) is 2.55. The van der Waals surface area contributed by atoms with E-state index < -0.39 is 0 Å². The van der Waals surface area contributed by atoms with Gasteiger partial charge >= 0.3 is 0 Å². The second-order valence-electron chi connectivity index (χ2n) is 5.38. The van der Waals surface area contributed by atoms with Crippen molar-refractivity contribution in [1.82, 2.24) is 14.9 Å². The molecule has 0 unspecified atom stereocenters. The maximum atomic E-state index is 12.0. The van der Waals surface area contributed by atoms with Gasteiger partial charge in [0.1, 0.15) is 10.5 Å². The molecule has 0 aliphatic heterocycles. The summed E-state index contributed by atoms with van der Waals surface area (Å²) in [5.74, 6) is 0.641. The molecule has 2 heterocycles. The van der Waals surface area contributed by atoms with Crippen LogP contribution in [0.15, 0.2) is 46.6 Å². The highest BCUT2D eigenvalue weighted by molar-refractivity contribution is 7.17. The molecule has 120 valence electrons. The normalized spacial score (nSPS) is 11.4. The first-order chi connectivity index (χ1) is 11.3. The van der Waals surface area contributed by atoms with Gasteiger partial charge in [-0.25, -0.2) is 4.98 Å². The quantitative estimate of drug-likeness (QED) is 0.696. The number of rotatable bonds is 7. The van der Waals surface area contributed by atoms with Gasteiger partial charge in [-0.3, -0.25) is 9.69 Å². The van der Waals surface area contributed by atoms with E-state index >= 15 is 0 Å². The highest BCUT2D eigenvalue weighted by Gasteiger charge is 2.10. The molecule has 0 aliphatic carbocycles. The molecular formula is C17H19N3O2S. The van der Waals surface area contributed by atoms with Crippen LogP contribution in [0.1, 0.15) is 11.4 Å². The van der Waals surface area contributed by atoms with Crippen molar-refractivity contribution in [1.29, 1.82) is 0 Å². The molecule has 1 aromatic carbocycles. The van der Waals surface area contributed by atoms with Crippen LogP contribution in [0.3, 0.4) is 0 Å². The summed E-state index contributed by atoms with van der Waals surface area (Å²) < 4.78 is 0.659. The van der Waals surface area contributed by atoms with Crippen molar-refractivity contribution in [3.8, 4) is 0 Å². The van der Waals surface area contributed by atoms with Crippen molar-refractivity contribution in [2.75, 3.05) is 19.7 Å². The van der Waals surface area contributed by atoms with E-state index in [9.17, 15) is 9.90 Å². The number of benzene rings is 1. The van der Waals surface area contributed by atoms with E-state index in [1.165, 1.54) is 16.9 Å². The maximum Gasteiger partial charge on any atom is 0.268 e. The Morgan fingerprint density at radius 2 is 2.00 bits per heavy atom. The smallest absolute Gasteiger partial charge is 0.268 e. The summed E-state index contributed by atoms with van der Waals surface area (Å²) >= 11 is 1.40. The summed E-state index contributed by atoms with van der Waals surface area (Å²) in [4.78, 5) is 21.5.